The first-order valence-corrected chi connectivity index (χ1v) is 10.1. The molecule has 2 aromatic carbocycles. The van der Waals surface area contributed by atoms with Crippen LogP contribution in [0.15, 0.2) is 47.9 Å². The molecule has 2 N–H and O–H groups in total. The molecule has 1 atom stereocenters. The van der Waals surface area contributed by atoms with Crippen LogP contribution in [0.3, 0.4) is 0 Å². The second kappa shape index (κ2) is 8.81. The molecule has 1 amide bonds. The van der Waals surface area contributed by atoms with E-state index < -0.39 is 6.04 Å². The summed E-state index contributed by atoms with van der Waals surface area (Å²) < 4.78 is 31.6. The Labute approximate surface area is 190 Å². The number of carbonyl (C=O) groups is 1. The fourth-order valence-electron chi connectivity index (χ4n) is 3.91. The van der Waals surface area contributed by atoms with E-state index in [1.165, 1.54) is 45.9 Å². The van der Waals surface area contributed by atoms with Crippen molar-refractivity contribution in [3.8, 4) is 17.2 Å². The molecular formula is C23H24FN5O4. The first-order valence-electron chi connectivity index (χ1n) is 10.1. The van der Waals surface area contributed by atoms with Gasteiger partial charge in [-0.25, -0.2) is 9.07 Å². The van der Waals surface area contributed by atoms with Gasteiger partial charge in [-0.3, -0.25) is 4.79 Å². The molecule has 0 radical (unpaired) electrons. The minimum atomic E-state index is -0.641. The Hall–Kier alpha value is -4.08. The Morgan fingerprint density at radius 2 is 1.79 bits per heavy atom. The van der Waals surface area contributed by atoms with Crippen molar-refractivity contribution in [2.45, 2.75) is 19.9 Å². The van der Waals surface area contributed by atoms with E-state index in [0.717, 1.165) is 0 Å². The number of ether oxygens (including phenoxy) is 3. The van der Waals surface area contributed by atoms with Gasteiger partial charge in [0.15, 0.2) is 11.5 Å². The number of aryl methyl sites for hydroxylation is 1. The zero-order valence-corrected chi connectivity index (χ0v) is 18.9. The number of amides is 1. The molecule has 0 bridgehead atoms. The molecule has 0 unspecified atom stereocenters. The number of methoxy groups -OCH3 is 3. The van der Waals surface area contributed by atoms with Gasteiger partial charge in [-0.1, -0.05) is 0 Å². The van der Waals surface area contributed by atoms with Crippen molar-refractivity contribution >= 4 is 17.5 Å². The fourth-order valence-corrected chi connectivity index (χ4v) is 3.91. The third kappa shape index (κ3) is 3.95. The van der Waals surface area contributed by atoms with Gasteiger partial charge >= 0.3 is 0 Å². The smallest absolute Gasteiger partial charge is 0.255 e. The molecule has 0 fully saturated rings. The molecule has 9 nitrogen and oxygen atoms in total. The maximum atomic E-state index is 13.5. The standard InChI is InChI=1S/C23H24FN5O4/c1-12-8-15(24)6-7-16(12)28-22(30)19-13(2)27-23-25-11-26-29(23)20(19)14-9-17(31-3)21(33-5)18(10-14)32-4/h6-11,20H,1-5H3,(H,28,30)(H,25,26,27)/t20-/m0/s1. The molecule has 1 aliphatic rings. The number of nitrogens with one attached hydrogen (secondary N) is 2. The van der Waals surface area contributed by atoms with E-state index in [-0.39, 0.29) is 11.7 Å². The summed E-state index contributed by atoms with van der Waals surface area (Å²) in [5, 5.41) is 10.3. The third-order valence-corrected chi connectivity index (χ3v) is 5.48. The summed E-state index contributed by atoms with van der Waals surface area (Å²) in [6.45, 7) is 3.51. The molecule has 33 heavy (non-hydrogen) atoms. The van der Waals surface area contributed by atoms with Crippen molar-refractivity contribution in [3.05, 3.63) is 64.9 Å². The number of halogens is 1. The lowest BCUT2D eigenvalue weighted by Crippen LogP contribution is -2.31. The Morgan fingerprint density at radius 3 is 2.39 bits per heavy atom. The largest absolute Gasteiger partial charge is 0.493 e. The van der Waals surface area contributed by atoms with E-state index in [1.807, 2.05) is 0 Å². The van der Waals surface area contributed by atoms with Crippen molar-refractivity contribution in [2.75, 3.05) is 32.0 Å². The first-order chi connectivity index (χ1) is 15.9. The number of hydrogen-bond acceptors (Lipinski definition) is 7. The van der Waals surface area contributed by atoms with E-state index >= 15 is 0 Å². The van der Waals surface area contributed by atoms with Gasteiger partial charge in [0.25, 0.3) is 5.91 Å². The fraction of sp³-hybridized carbons (Fsp3) is 0.261. The number of allylic oxidation sites excluding steroid dienone is 1. The highest BCUT2D eigenvalue weighted by molar-refractivity contribution is 6.06. The van der Waals surface area contributed by atoms with Crippen LogP contribution in [-0.4, -0.2) is 42.0 Å². The van der Waals surface area contributed by atoms with Crippen LogP contribution in [0.2, 0.25) is 0 Å². The Morgan fingerprint density at radius 1 is 1.09 bits per heavy atom. The Kier molecular flexibility index (Phi) is 5.91. The summed E-state index contributed by atoms with van der Waals surface area (Å²) in [4.78, 5) is 17.8. The summed E-state index contributed by atoms with van der Waals surface area (Å²) in [6.07, 6.45) is 1.41. The number of hydrogen-bond donors (Lipinski definition) is 2. The zero-order valence-electron chi connectivity index (χ0n) is 18.9. The molecule has 0 saturated heterocycles. The highest BCUT2D eigenvalue weighted by Crippen LogP contribution is 2.43. The molecule has 3 aromatic rings. The van der Waals surface area contributed by atoms with Gasteiger partial charge in [-0.15, -0.1) is 0 Å². The number of rotatable bonds is 6. The van der Waals surface area contributed by atoms with Crippen molar-refractivity contribution in [2.24, 2.45) is 0 Å². The molecule has 10 heteroatoms. The number of fused-ring (bicyclic) bond motifs is 1. The highest BCUT2D eigenvalue weighted by Gasteiger charge is 2.35. The lowest BCUT2D eigenvalue weighted by atomic mass is 9.94. The summed E-state index contributed by atoms with van der Waals surface area (Å²) in [7, 11) is 4.57. The van der Waals surface area contributed by atoms with Crippen LogP contribution in [-0.2, 0) is 4.79 Å². The van der Waals surface area contributed by atoms with Gasteiger partial charge in [-0.05, 0) is 55.3 Å². The highest BCUT2D eigenvalue weighted by atomic mass is 19.1. The number of nitrogens with zero attached hydrogens (tertiary/aromatic N) is 3. The van der Waals surface area contributed by atoms with Gasteiger partial charge in [0.2, 0.25) is 11.7 Å². The number of carbonyl (C=O) groups excluding carboxylic acids is 1. The predicted molar refractivity (Wildman–Crippen MR) is 120 cm³/mol. The lowest BCUT2D eigenvalue weighted by Gasteiger charge is -2.29. The van der Waals surface area contributed by atoms with E-state index in [2.05, 4.69) is 20.7 Å². The van der Waals surface area contributed by atoms with Crippen molar-refractivity contribution < 1.29 is 23.4 Å². The first kappa shape index (κ1) is 22.1. The monoisotopic (exact) mass is 453 g/mol. The maximum absolute atomic E-state index is 13.5. The quantitative estimate of drug-likeness (QED) is 0.587. The zero-order chi connectivity index (χ0) is 23.7. The second-order valence-electron chi connectivity index (χ2n) is 7.47. The van der Waals surface area contributed by atoms with E-state index in [0.29, 0.717) is 51.3 Å². The Balaban J connectivity index is 1.83. The average molecular weight is 453 g/mol. The molecule has 1 aliphatic heterocycles. The molecule has 0 saturated carbocycles. The summed E-state index contributed by atoms with van der Waals surface area (Å²) in [6, 6.07) is 7.10. The topological polar surface area (TPSA) is 99.5 Å². The SMILES string of the molecule is COc1cc([C@H]2C(C(=O)Nc3ccc(F)cc3C)=C(C)Nc3ncnn32)cc(OC)c1OC. The van der Waals surface area contributed by atoms with Crippen LogP contribution >= 0.6 is 0 Å². The molecule has 4 rings (SSSR count). The molecule has 1 aromatic heterocycles. The van der Waals surface area contributed by atoms with Crippen molar-refractivity contribution in [1.82, 2.24) is 14.8 Å². The second-order valence-corrected chi connectivity index (χ2v) is 7.47. The van der Waals surface area contributed by atoms with Crippen LogP contribution in [0, 0.1) is 12.7 Å². The van der Waals surface area contributed by atoms with Gasteiger partial charge < -0.3 is 24.8 Å². The minimum absolute atomic E-state index is 0.366. The molecule has 172 valence electrons. The lowest BCUT2D eigenvalue weighted by molar-refractivity contribution is -0.113. The number of anilines is 2. The van der Waals surface area contributed by atoms with Gasteiger partial charge in [-0.2, -0.15) is 10.1 Å². The van der Waals surface area contributed by atoms with Gasteiger partial charge in [0.05, 0.1) is 26.9 Å². The van der Waals surface area contributed by atoms with Crippen molar-refractivity contribution in [1.29, 1.82) is 0 Å². The van der Waals surface area contributed by atoms with Crippen LogP contribution in [0.4, 0.5) is 16.0 Å². The molecule has 2 heterocycles. The number of benzene rings is 2. The van der Waals surface area contributed by atoms with E-state index in [9.17, 15) is 9.18 Å². The maximum Gasteiger partial charge on any atom is 0.255 e. The molecule has 0 aliphatic carbocycles. The summed E-state index contributed by atoms with van der Waals surface area (Å²) in [5.74, 6) is 1.07. The van der Waals surface area contributed by atoms with Gasteiger partial charge in [0.1, 0.15) is 18.2 Å². The van der Waals surface area contributed by atoms with Crippen LogP contribution in [0.25, 0.3) is 0 Å². The minimum Gasteiger partial charge on any atom is -0.493 e. The van der Waals surface area contributed by atoms with Crippen molar-refractivity contribution in [3.63, 3.8) is 0 Å². The van der Waals surface area contributed by atoms with Crippen LogP contribution < -0.4 is 24.8 Å². The van der Waals surface area contributed by atoms with E-state index in [1.54, 1.807) is 30.7 Å². The van der Waals surface area contributed by atoms with Crippen LogP contribution in [0.1, 0.15) is 24.1 Å². The molecular weight excluding hydrogens is 429 g/mol. The van der Waals surface area contributed by atoms with Gasteiger partial charge in [0, 0.05) is 11.4 Å². The van der Waals surface area contributed by atoms with Crippen LogP contribution in [0.5, 0.6) is 17.2 Å². The van der Waals surface area contributed by atoms with E-state index in [4.69, 9.17) is 14.2 Å². The molecule has 0 spiro atoms. The average Bonchev–Trinajstić information content (AvgIpc) is 3.26. The predicted octanol–water partition coefficient (Wildman–Crippen LogP) is 3.68. The summed E-state index contributed by atoms with van der Waals surface area (Å²) >= 11 is 0. The summed E-state index contributed by atoms with van der Waals surface area (Å²) in [5.41, 5.74) is 2.81. The normalized spacial score (nSPS) is 14.9. The number of aromatic nitrogens is 3. The third-order valence-electron chi connectivity index (χ3n) is 5.48. The Bertz CT molecular complexity index is 1230.